The molecule has 2 heteroatoms. The molecule has 0 aliphatic rings. The first kappa shape index (κ1) is 8.86. The molecule has 0 aromatic heterocycles. The van der Waals surface area contributed by atoms with Crippen LogP contribution >= 0.6 is 0 Å². The first-order chi connectivity index (χ1) is 4.16. The summed E-state index contributed by atoms with van der Waals surface area (Å²) < 4.78 is 23.1. The fraction of sp³-hybridized carbons (Fsp3) is 1.00. The number of hydrogen-bond acceptors (Lipinski definition) is 0. The Morgan fingerprint density at radius 2 is 1.78 bits per heavy atom. The van der Waals surface area contributed by atoms with Crippen molar-refractivity contribution in [2.75, 3.05) is 0 Å². The molecule has 0 fully saturated rings. The van der Waals surface area contributed by atoms with E-state index in [-0.39, 0.29) is 6.42 Å². The molecule has 56 valence electrons. The molecular weight excluding hydrogens is 122 g/mol. The van der Waals surface area contributed by atoms with Gasteiger partial charge in [-0.05, 0) is 12.3 Å². The maximum absolute atomic E-state index is 11.5. The third kappa shape index (κ3) is 5.74. The van der Waals surface area contributed by atoms with Crippen molar-refractivity contribution in [2.24, 2.45) is 5.92 Å². The van der Waals surface area contributed by atoms with Gasteiger partial charge in [-0.15, -0.1) is 0 Å². The summed E-state index contributed by atoms with van der Waals surface area (Å²) in [5, 5.41) is 0. The predicted molar refractivity (Wildman–Crippen MR) is 34.7 cm³/mol. The molecular formula is C7H14F2. The zero-order chi connectivity index (χ0) is 7.28. The lowest BCUT2D eigenvalue weighted by Crippen LogP contribution is -1.96. The molecule has 0 saturated carbocycles. The Hall–Kier alpha value is -0.140. The monoisotopic (exact) mass is 136 g/mol. The lowest BCUT2D eigenvalue weighted by molar-refractivity contribution is 0.128. The molecule has 1 atom stereocenters. The van der Waals surface area contributed by atoms with Crippen molar-refractivity contribution < 1.29 is 8.78 Å². The van der Waals surface area contributed by atoms with Crippen LogP contribution in [0.25, 0.3) is 0 Å². The number of rotatable bonds is 4. The molecule has 0 N–H and O–H groups in total. The zero-order valence-electron chi connectivity index (χ0n) is 6.03. The van der Waals surface area contributed by atoms with E-state index >= 15 is 0 Å². The lowest BCUT2D eigenvalue weighted by atomic mass is 10.0. The van der Waals surface area contributed by atoms with Gasteiger partial charge in [0.2, 0.25) is 6.43 Å². The van der Waals surface area contributed by atoms with E-state index in [0.717, 1.165) is 6.42 Å². The summed E-state index contributed by atoms with van der Waals surface area (Å²) in [5.74, 6) is 0.457. The van der Waals surface area contributed by atoms with E-state index in [9.17, 15) is 8.78 Å². The predicted octanol–water partition coefficient (Wildman–Crippen LogP) is 3.08. The van der Waals surface area contributed by atoms with Gasteiger partial charge in [-0.3, -0.25) is 0 Å². The van der Waals surface area contributed by atoms with Crippen LogP contribution in [-0.4, -0.2) is 6.43 Å². The second kappa shape index (κ2) is 4.71. The molecule has 0 heterocycles. The molecule has 0 radical (unpaired) electrons. The molecule has 0 nitrogen and oxygen atoms in total. The van der Waals surface area contributed by atoms with Gasteiger partial charge in [-0.1, -0.05) is 20.3 Å². The topological polar surface area (TPSA) is 0 Å². The highest BCUT2D eigenvalue weighted by Gasteiger charge is 2.04. The van der Waals surface area contributed by atoms with Gasteiger partial charge in [0.1, 0.15) is 0 Å². The highest BCUT2D eigenvalue weighted by atomic mass is 19.3. The molecule has 0 aliphatic heterocycles. The van der Waals surface area contributed by atoms with Crippen LogP contribution < -0.4 is 0 Å². The molecule has 0 aromatic rings. The van der Waals surface area contributed by atoms with Crippen LogP contribution in [0.1, 0.15) is 33.1 Å². The Morgan fingerprint density at radius 3 is 2.11 bits per heavy atom. The van der Waals surface area contributed by atoms with Crippen LogP contribution in [0.2, 0.25) is 0 Å². The third-order valence-corrected chi connectivity index (χ3v) is 1.57. The SMILES string of the molecule is CCC(C)CCC(F)F. The molecule has 0 rings (SSSR count). The van der Waals surface area contributed by atoms with E-state index in [2.05, 4.69) is 0 Å². The smallest absolute Gasteiger partial charge is 0.211 e. The molecule has 9 heavy (non-hydrogen) atoms. The molecule has 0 saturated heterocycles. The summed E-state index contributed by atoms with van der Waals surface area (Å²) in [7, 11) is 0. The average Bonchev–Trinajstić information content (AvgIpc) is 1.83. The highest BCUT2D eigenvalue weighted by molar-refractivity contribution is 4.50. The van der Waals surface area contributed by atoms with E-state index in [4.69, 9.17) is 0 Å². The van der Waals surface area contributed by atoms with Crippen molar-refractivity contribution in [3.8, 4) is 0 Å². The standard InChI is InChI=1S/C7H14F2/c1-3-6(2)4-5-7(8)9/h6-7H,3-5H2,1-2H3. The minimum Gasteiger partial charge on any atom is -0.211 e. The quantitative estimate of drug-likeness (QED) is 0.557. The fourth-order valence-electron chi connectivity index (χ4n) is 0.615. The van der Waals surface area contributed by atoms with Crippen LogP contribution in [0.4, 0.5) is 8.78 Å². The van der Waals surface area contributed by atoms with Crippen molar-refractivity contribution >= 4 is 0 Å². The second-order valence-corrected chi connectivity index (χ2v) is 2.48. The highest BCUT2D eigenvalue weighted by Crippen LogP contribution is 2.13. The largest absolute Gasteiger partial charge is 0.238 e. The van der Waals surface area contributed by atoms with E-state index in [1.807, 2.05) is 13.8 Å². The summed E-state index contributed by atoms with van der Waals surface area (Å²) in [6, 6.07) is 0. The van der Waals surface area contributed by atoms with Crippen molar-refractivity contribution in [3.63, 3.8) is 0 Å². The van der Waals surface area contributed by atoms with E-state index in [0.29, 0.717) is 12.3 Å². The normalized spacial score (nSPS) is 14.3. The summed E-state index contributed by atoms with van der Waals surface area (Å²) in [4.78, 5) is 0. The molecule has 0 spiro atoms. The average molecular weight is 136 g/mol. The lowest BCUT2D eigenvalue weighted by Gasteiger charge is -2.05. The number of alkyl halides is 2. The molecule has 0 aliphatic carbocycles. The minimum absolute atomic E-state index is 0.0645. The van der Waals surface area contributed by atoms with Crippen molar-refractivity contribution in [1.29, 1.82) is 0 Å². The third-order valence-electron chi connectivity index (χ3n) is 1.57. The van der Waals surface area contributed by atoms with Gasteiger partial charge in [-0.25, -0.2) is 8.78 Å². The van der Waals surface area contributed by atoms with Crippen LogP contribution in [0.15, 0.2) is 0 Å². The van der Waals surface area contributed by atoms with Gasteiger partial charge >= 0.3 is 0 Å². The van der Waals surface area contributed by atoms with Gasteiger partial charge in [-0.2, -0.15) is 0 Å². The number of halogens is 2. The Bertz CT molecular complexity index is 61.9. The van der Waals surface area contributed by atoms with Crippen LogP contribution in [0, 0.1) is 5.92 Å². The summed E-state index contributed by atoms with van der Waals surface area (Å²) in [5.41, 5.74) is 0. The summed E-state index contributed by atoms with van der Waals surface area (Å²) in [6.07, 6.45) is -0.380. The first-order valence-electron chi connectivity index (χ1n) is 3.45. The molecule has 0 amide bonds. The Balaban J connectivity index is 3.06. The maximum atomic E-state index is 11.5. The van der Waals surface area contributed by atoms with Gasteiger partial charge in [0.05, 0.1) is 0 Å². The maximum Gasteiger partial charge on any atom is 0.238 e. The molecule has 1 unspecified atom stereocenters. The Morgan fingerprint density at radius 1 is 1.22 bits per heavy atom. The van der Waals surface area contributed by atoms with Gasteiger partial charge < -0.3 is 0 Å². The summed E-state index contributed by atoms with van der Waals surface area (Å²) in [6.45, 7) is 4.03. The van der Waals surface area contributed by atoms with Gasteiger partial charge in [0.15, 0.2) is 0 Å². The summed E-state index contributed by atoms with van der Waals surface area (Å²) >= 11 is 0. The zero-order valence-corrected chi connectivity index (χ0v) is 6.03. The van der Waals surface area contributed by atoms with E-state index < -0.39 is 6.43 Å². The molecule has 0 aromatic carbocycles. The minimum atomic E-state index is -2.11. The first-order valence-corrected chi connectivity index (χ1v) is 3.45. The van der Waals surface area contributed by atoms with Gasteiger partial charge in [0, 0.05) is 6.42 Å². The van der Waals surface area contributed by atoms with Crippen LogP contribution in [0.3, 0.4) is 0 Å². The van der Waals surface area contributed by atoms with Crippen molar-refractivity contribution in [3.05, 3.63) is 0 Å². The van der Waals surface area contributed by atoms with E-state index in [1.54, 1.807) is 0 Å². The van der Waals surface area contributed by atoms with E-state index in [1.165, 1.54) is 0 Å². The molecule has 0 bridgehead atoms. The van der Waals surface area contributed by atoms with Crippen LogP contribution in [-0.2, 0) is 0 Å². The number of hydrogen-bond donors (Lipinski definition) is 0. The van der Waals surface area contributed by atoms with Crippen LogP contribution in [0.5, 0.6) is 0 Å². The second-order valence-electron chi connectivity index (χ2n) is 2.48. The Kier molecular flexibility index (Phi) is 4.64. The van der Waals surface area contributed by atoms with Crippen molar-refractivity contribution in [2.45, 2.75) is 39.5 Å². The van der Waals surface area contributed by atoms with Gasteiger partial charge in [0.25, 0.3) is 0 Å². The van der Waals surface area contributed by atoms with Crippen molar-refractivity contribution in [1.82, 2.24) is 0 Å². The fourth-order valence-corrected chi connectivity index (χ4v) is 0.615. The Labute approximate surface area is 55.3 Å².